The Bertz CT molecular complexity index is 988. The highest BCUT2D eigenvalue weighted by atomic mass is 35.5. The summed E-state index contributed by atoms with van der Waals surface area (Å²) in [6.07, 6.45) is 2.88. The van der Waals surface area contributed by atoms with E-state index in [2.05, 4.69) is 20.3 Å². The number of nitrogens with one attached hydrogen (secondary N) is 2. The van der Waals surface area contributed by atoms with Crippen molar-refractivity contribution in [2.45, 2.75) is 32.7 Å². The molecule has 1 aromatic carbocycles. The van der Waals surface area contributed by atoms with Crippen molar-refractivity contribution in [3.63, 3.8) is 0 Å². The Kier molecular flexibility index (Phi) is 5.74. The molecule has 3 N–H and O–H groups in total. The first-order valence-corrected chi connectivity index (χ1v) is 9.37. The molecule has 2 heterocycles. The van der Waals surface area contributed by atoms with Crippen molar-refractivity contribution >= 4 is 28.7 Å². The molecule has 3 aromatic rings. The highest BCUT2D eigenvalue weighted by Gasteiger charge is 2.29. The van der Waals surface area contributed by atoms with Crippen LogP contribution >= 0.6 is 11.6 Å². The Balaban J connectivity index is 1.81. The summed E-state index contributed by atoms with van der Waals surface area (Å²) in [5, 5.41) is 13.0. The number of hydrogen-bond donors (Lipinski definition) is 3. The number of aromatic nitrogens is 3. The Morgan fingerprint density at radius 1 is 1.36 bits per heavy atom. The van der Waals surface area contributed by atoms with Crippen molar-refractivity contribution in [1.29, 1.82) is 0 Å². The molecule has 8 heteroatoms. The maximum absolute atomic E-state index is 11.2. The lowest BCUT2D eigenvalue weighted by Crippen LogP contribution is -2.50. The lowest BCUT2D eigenvalue weighted by atomic mass is 9.91. The second-order valence-electron chi connectivity index (χ2n) is 7.48. The van der Waals surface area contributed by atoms with Crippen molar-refractivity contribution in [2.24, 2.45) is 5.92 Å². The SMILES string of the molecule is CC(C)CC(C)(COc1ccc(-c2ncnc3[nH]ccc23)cc1Cl)NC(=O)O. The van der Waals surface area contributed by atoms with Gasteiger partial charge >= 0.3 is 6.09 Å². The number of ether oxygens (including phenoxy) is 1. The van der Waals surface area contributed by atoms with Gasteiger partial charge in [0, 0.05) is 17.1 Å². The number of benzene rings is 1. The van der Waals surface area contributed by atoms with Crippen LogP contribution in [0.4, 0.5) is 4.79 Å². The first-order valence-electron chi connectivity index (χ1n) is 8.99. The van der Waals surface area contributed by atoms with E-state index in [1.54, 1.807) is 12.1 Å². The zero-order valence-corrected chi connectivity index (χ0v) is 16.7. The predicted molar refractivity (Wildman–Crippen MR) is 109 cm³/mol. The van der Waals surface area contributed by atoms with Crippen molar-refractivity contribution in [1.82, 2.24) is 20.3 Å². The van der Waals surface area contributed by atoms with Crippen LogP contribution in [-0.2, 0) is 0 Å². The van der Waals surface area contributed by atoms with Gasteiger partial charge in [-0.2, -0.15) is 0 Å². The highest BCUT2D eigenvalue weighted by Crippen LogP contribution is 2.33. The summed E-state index contributed by atoms with van der Waals surface area (Å²) < 4.78 is 5.87. The molecule has 1 atom stereocenters. The Labute approximate surface area is 168 Å². The summed E-state index contributed by atoms with van der Waals surface area (Å²) in [6.45, 7) is 6.07. The van der Waals surface area contributed by atoms with E-state index in [1.807, 2.05) is 39.1 Å². The van der Waals surface area contributed by atoms with Gasteiger partial charge in [-0.1, -0.05) is 25.4 Å². The van der Waals surface area contributed by atoms with E-state index in [0.717, 1.165) is 22.3 Å². The van der Waals surface area contributed by atoms with Crippen LogP contribution in [0.2, 0.25) is 5.02 Å². The summed E-state index contributed by atoms with van der Waals surface area (Å²) in [5.41, 5.74) is 1.66. The van der Waals surface area contributed by atoms with Gasteiger partial charge in [0.25, 0.3) is 0 Å². The number of fused-ring (bicyclic) bond motifs is 1. The quantitative estimate of drug-likeness (QED) is 0.530. The summed E-state index contributed by atoms with van der Waals surface area (Å²) in [5.74, 6) is 0.798. The number of carbonyl (C=O) groups is 1. The first-order chi connectivity index (χ1) is 13.3. The third-order valence-corrected chi connectivity index (χ3v) is 4.67. The van der Waals surface area contributed by atoms with Crippen LogP contribution in [-0.4, -0.2) is 38.3 Å². The summed E-state index contributed by atoms with van der Waals surface area (Å²) >= 11 is 6.43. The fourth-order valence-electron chi connectivity index (χ4n) is 3.41. The molecule has 2 aromatic heterocycles. The van der Waals surface area contributed by atoms with E-state index in [4.69, 9.17) is 21.4 Å². The van der Waals surface area contributed by atoms with Gasteiger partial charge < -0.3 is 20.1 Å². The van der Waals surface area contributed by atoms with Crippen LogP contribution in [0.25, 0.3) is 22.3 Å². The molecule has 0 saturated heterocycles. The van der Waals surface area contributed by atoms with Gasteiger partial charge in [-0.25, -0.2) is 14.8 Å². The Morgan fingerprint density at radius 3 is 2.82 bits per heavy atom. The lowest BCUT2D eigenvalue weighted by Gasteiger charge is -2.31. The number of aromatic amines is 1. The number of carboxylic acid groups (broad SMARTS) is 1. The van der Waals surface area contributed by atoms with Gasteiger partial charge in [0.1, 0.15) is 24.3 Å². The highest BCUT2D eigenvalue weighted by molar-refractivity contribution is 6.32. The Hall–Kier alpha value is -2.80. The summed E-state index contributed by atoms with van der Waals surface area (Å²) in [6, 6.07) is 7.35. The molecule has 28 heavy (non-hydrogen) atoms. The number of nitrogens with zero attached hydrogens (tertiary/aromatic N) is 2. The van der Waals surface area contributed by atoms with Crippen LogP contribution in [0.5, 0.6) is 5.75 Å². The summed E-state index contributed by atoms with van der Waals surface area (Å²) in [7, 11) is 0. The number of H-pyrrole nitrogens is 1. The van der Waals surface area contributed by atoms with Crippen LogP contribution in [0.1, 0.15) is 27.2 Å². The van der Waals surface area contributed by atoms with E-state index in [1.165, 1.54) is 6.33 Å². The maximum Gasteiger partial charge on any atom is 0.405 e. The minimum atomic E-state index is -1.08. The van der Waals surface area contributed by atoms with Gasteiger partial charge in [0.2, 0.25) is 0 Å². The van der Waals surface area contributed by atoms with E-state index < -0.39 is 11.6 Å². The smallest absolute Gasteiger partial charge is 0.405 e. The van der Waals surface area contributed by atoms with Crippen LogP contribution < -0.4 is 10.1 Å². The molecule has 148 valence electrons. The van der Waals surface area contributed by atoms with Crippen molar-refractivity contribution in [3.8, 4) is 17.0 Å². The van der Waals surface area contributed by atoms with Crippen molar-refractivity contribution in [3.05, 3.63) is 41.8 Å². The van der Waals surface area contributed by atoms with Crippen LogP contribution in [0.3, 0.4) is 0 Å². The number of amides is 1. The molecule has 0 bridgehead atoms. The molecule has 1 unspecified atom stereocenters. The molecule has 0 spiro atoms. The molecule has 7 nitrogen and oxygen atoms in total. The van der Waals surface area contributed by atoms with E-state index in [9.17, 15) is 4.79 Å². The molecule has 0 saturated carbocycles. The predicted octanol–water partition coefficient (Wildman–Crippen LogP) is 4.73. The van der Waals surface area contributed by atoms with E-state index in [-0.39, 0.29) is 6.61 Å². The zero-order valence-electron chi connectivity index (χ0n) is 16.0. The van der Waals surface area contributed by atoms with Gasteiger partial charge in [0.15, 0.2) is 0 Å². The zero-order chi connectivity index (χ0) is 20.3. The molecule has 0 aliphatic heterocycles. The molecular weight excluding hydrogens is 380 g/mol. The normalized spacial score (nSPS) is 13.5. The van der Waals surface area contributed by atoms with Gasteiger partial charge in [-0.05, 0) is 43.5 Å². The van der Waals surface area contributed by atoms with E-state index >= 15 is 0 Å². The third kappa shape index (κ3) is 4.54. The number of hydrogen-bond acceptors (Lipinski definition) is 4. The maximum atomic E-state index is 11.2. The van der Waals surface area contributed by atoms with Crippen molar-refractivity contribution in [2.75, 3.05) is 6.61 Å². The first kappa shape index (κ1) is 19.9. The largest absolute Gasteiger partial charge is 0.490 e. The molecule has 0 aliphatic rings. The third-order valence-electron chi connectivity index (χ3n) is 4.37. The second-order valence-corrected chi connectivity index (χ2v) is 7.89. The average molecular weight is 403 g/mol. The van der Waals surface area contributed by atoms with Gasteiger partial charge in [-0.15, -0.1) is 0 Å². The lowest BCUT2D eigenvalue weighted by molar-refractivity contribution is 0.143. The standard InChI is InChI=1S/C20H23ClN4O3/c1-12(2)9-20(3,25-19(26)27)10-28-16-5-4-13(8-15(16)21)17-14-6-7-22-18(14)24-11-23-17/h4-8,11-12,25H,9-10H2,1-3H3,(H,26,27)(H,22,23,24). The fourth-order valence-corrected chi connectivity index (χ4v) is 3.65. The van der Waals surface area contributed by atoms with Crippen LogP contribution in [0.15, 0.2) is 36.8 Å². The van der Waals surface area contributed by atoms with Gasteiger partial charge in [-0.3, -0.25) is 0 Å². The molecule has 0 aliphatic carbocycles. The monoisotopic (exact) mass is 402 g/mol. The minimum Gasteiger partial charge on any atom is -0.490 e. The molecular formula is C20H23ClN4O3. The number of halogens is 1. The molecule has 1 amide bonds. The minimum absolute atomic E-state index is 0.173. The number of rotatable bonds is 7. The van der Waals surface area contributed by atoms with E-state index in [0.29, 0.717) is 23.1 Å². The van der Waals surface area contributed by atoms with Crippen LogP contribution in [0, 0.1) is 5.92 Å². The second kappa shape index (κ2) is 8.06. The Morgan fingerprint density at radius 2 is 2.14 bits per heavy atom. The topological polar surface area (TPSA) is 100 Å². The van der Waals surface area contributed by atoms with Gasteiger partial charge in [0.05, 0.1) is 16.3 Å². The molecule has 0 fully saturated rings. The molecule has 0 radical (unpaired) electrons. The molecule has 3 rings (SSSR count). The average Bonchev–Trinajstić information content (AvgIpc) is 3.08. The summed E-state index contributed by atoms with van der Waals surface area (Å²) in [4.78, 5) is 22.8. The van der Waals surface area contributed by atoms with Crippen molar-refractivity contribution < 1.29 is 14.6 Å². The fraction of sp³-hybridized carbons (Fsp3) is 0.350.